The van der Waals surface area contributed by atoms with E-state index in [1.54, 1.807) is 0 Å². The molecule has 1 fully saturated rings. The summed E-state index contributed by atoms with van der Waals surface area (Å²) in [7, 11) is 0. The van der Waals surface area contributed by atoms with Gasteiger partial charge in [0.1, 0.15) is 0 Å². The molecule has 0 saturated carbocycles. The number of rotatable bonds is 2. The fraction of sp³-hybridized carbons (Fsp3) is 0.500. The average molecular weight is 313 g/mol. The molecule has 0 aliphatic carbocycles. The van der Waals surface area contributed by atoms with Crippen molar-refractivity contribution in [3.63, 3.8) is 0 Å². The van der Waals surface area contributed by atoms with Crippen LogP contribution in [0.15, 0.2) is 0 Å². The predicted molar refractivity (Wildman–Crippen MR) is 53.9 cm³/mol. The molecule has 78 valence electrons. The van der Waals surface area contributed by atoms with Crippen LogP contribution in [0.5, 0.6) is 0 Å². The van der Waals surface area contributed by atoms with E-state index in [1.807, 2.05) is 28.0 Å². The number of hydrogen-bond acceptors (Lipinski definition) is 3. The lowest BCUT2D eigenvalue weighted by Crippen LogP contribution is -2.45. The van der Waals surface area contributed by atoms with Gasteiger partial charge in [-0.15, -0.1) is 0 Å². The van der Waals surface area contributed by atoms with Crippen LogP contribution in [-0.4, -0.2) is 50.6 Å². The molecule has 1 aliphatic rings. The van der Waals surface area contributed by atoms with E-state index in [9.17, 15) is 14.4 Å². The number of carbonyl (C=O) groups is 3. The first-order chi connectivity index (χ1) is 6.56. The molecule has 14 heavy (non-hydrogen) atoms. The molecule has 0 aromatic rings. The van der Waals surface area contributed by atoms with Crippen LogP contribution in [0.3, 0.4) is 0 Å². The van der Waals surface area contributed by atoms with Crippen molar-refractivity contribution in [1.82, 2.24) is 15.3 Å². The van der Waals surface area contributed by atoms with Gasteiger partial charge in [0.05, 0.1) is 17.5 Å². The number of hydrogen-bond donors (Lipinski definition) is 2. The van der Waals surface area contributed by atoms with E-state index >= 15 is 0 Å². The smallest absolute Gasteiger partial charge is 0.423 e. The summed E-state index contributed by atoms with van der Waals surface area (Å²) >= 11 is 1.85. The monoisotopic (exact) mass is 313 g/mol. The SMILES string of the molecule is O=C(O)NN1CCN(C(=O)CI)C1=O. The van der Waals surface area contributed by atoms with Crippen LogP contribution < -0.4 is 5.43 Å². The highest BCUT2D eigenvalue weighted by molar-refractivity contribution is 14.1. The average Bonchev–Trinajstić information content (AvgIpc) is 2.46. The molecule has 7 nitrogen and oxygen atoms in total. The van der Waals surface area contributed by atoms with Crippen LogP contribution >= 0.6 is 22.6 Å². The van der Waals surface area contributed by atoms with Crippen LogP contribution in [0, 0.1) is 0 Å². The normalized spacial score (nSPS) is 15.9. The lowest BCUT2D eigenvalue weighted by Gasteiger charge is -2.15. The Bertz CT molecular complexity index is 282. The van der Waals surface area contributed by atoms with Gasteiger partial charge in [0.2, 0.25) is 5.91 Å². The lowest BCUT2D eigenvalue weighted by atomic mass is 10.5. The second kappa shape index (κ2) is 4.44. The minimum absolute atomic E-state index is 0.188. The molecule has 1 saturated heterocycles. The van der Waals surface area contributed by atoms with E-state index in [-0.39, 0.29) is 23.4 Å². The quantitative estimate of drug-likeness (QED) is 0.549. The van der Waals surface area contributed by atoms with Gasteiger partial charge in [0, 0.05) is 0 Å². The zero-order chi connectivity index (χ0) is 10.7. The van der Waals surface area contributed by atoms with Crippen LogP contribution in [0.1, 0.15) is 0 Å². The number of carboxylic acid groups (broad SMARTS) is 1. The molecule has 0 spiro atoms. The molecule has 0 atom stereocenters. The first-order valence-corrected chi connectivity index (χ1v) is 5.26. The Kier molecular flexibility index (Phi) is 3.49. The van der Waals surface area contributed by atoms with Gasteiger partial charge < -0.3 is 5.11 Å². The molecule has 1 rings (SSSR count). The molecule has 1 aliphatic heterocycles. The third kappa shape index (κ3) is 2.25. The van der Waals surface area contributed by atoms with Crippen molar-refractivity contribution in [3.8, 4) is 0 Å². The molecular formula is C6H8IN3O4. The van der Waals surface area contributed by atoms with E-state index in [0.717, 1.165) is 9.91 Å². The van der Waals surface area contributed by atoms with Gasteiger partial charge >= 0.3 is 12.1 Å². The Morgan fingerprint density at radius 1 is 1.50 bits per heavy atom. The molecule has 4 amide bonds. The van der Waals surface area contributed by atoms with Gasteiger partial charge in [0.25, 0.3) is 0 Å². The standard InChI is InChI=1S/C6H8IN3O4/c7-3-4(11)9-1-2-10(6(9)14)8-5(12)13/h8H,1-3H2,(H,12,13). The fourth-order valence-corrected chi connectivity index (χ4v) is 1.47. The number of halogens is 1. The molecule has 0 unspecified atom stereocenters. The fourth-order valence-electron chi connectivity index (χ4n) is 1.06. The van der Waals surface area contributed by atoms with Crippen molar-refractivity contribution in [2.75, 3.05) is 17.5 Å². The number of nitrogens with one attached hydrogen (secondary N) is 1. The summed E-state index contributed by atoms with van der Waals surface area (Å²) in [5, 5.41) is 9.26. The van der Waals surface area contributed by atoms with Crippen molar-refractivity contribution in [1.29, 1.82) is 0 Å². The number of urea groups is 1. The van der Waals surface area contributed by atoms with Gasteiger partial charge in [-0.25, -0.2) is 20.0 Å². The van der Waals surface area contributed by atoms with E-state index in [0.29, 0.717) is 0 Å². The van der Waals surface area contributed by atoms with E-state index in [4.69, 9.17) is 5.11 Å². The van der Waals surface area contributed by atoms with E-state index < -0.39 is 12.1 Å². The number of carbonyl (C=O) groups excluding carboxylic acids is 2. The third-order valence-electron chi connectivity index (χ3n) is 1.65. The summed E-state index contributed by atoms with van der Waals surface area (Å²) in [5.41, 5.74) is 1.90. The Morgan fingerprint density at radius 3 is 2.64 bits per heavy atom. The lowest BCUT2D eigenvalue weighted by molar-refractivity contribution is -0.124. The van der Waals surface area contributed by atoms with Crippen LogP contribution in [0.25, 0.3) is 0 Å². The Labute approximate surface area is 93.1 Å². The van der Waals surface area contributed by atoms with E-state index in [2.05, 4.69) is 0 Å². The highest BCUT2D eigenvalue weighted by Gasteiger charge is 2.33. The van der Waals surface area contributed by atoms with Gasteiger partial charge in [-0.2, -0.15) is 0 Å². The van der Waals surface area contributed by atoms with Gasteiger partial charge in [-0.3, -0.25) is 9.69 Å². The number of alkyl halides is 1. The maximum absolute atomic E-state index is 11.3. The molecule has 1 heterocycles. The number of imide groups is 1. The summed E-state index contributed by atoms with van der Waals surface area (Å²) < 4.78 is 0.199. The Balaban J connectivity index is 2.60. The van der Waals surface area contributed by atoms with Crippen molar-refractivity contribution in [2.24, 2.45) is 0 Å². The summed E-state index contributed by atoms with van der Waals surface area (Å²) in [6.45, 7) is 0.411. The largest absolute Gasteiger partial charge is 0.464 e. The minimum Gasteiger partial charge on any atom is -0.464 e. The maximum atomic E-state index is 11.3. The van der Waals surface area contributed by atoms with E-state index in [1.165, 1.54) is 0 Å². The molecule has 2 N–H and O–H groups in total. The summed E-state index contributed by atoms with van der Waals surface area (Å²) in [6, 6.07) is -0.617. The van der Waals surface area contributed by atoms with Gasteiger partial charge in [0.15, 0.2) is 0 Å². The minimum atomic E-state index is -1.32. The Morgan fingerprint density at radius 2 is 2.14 bits per heavy atom. The highest BCUT2D eigenvalue weighted by atomic mass is 127. The molecule has 0 aromatic heterocycles. The molecular weight excluding hydrogens is 305 g/mol. The van der Waals surface area contributed by atoms with Crippen LogP contribution in [0.4, 0.5) is 9.59 Å². The molecule has 0 bridgehead atoms. The molecule has 0 aromatic carbocycles. The summed E-state index contributed by atoms with van der Waals surface area (Å²) in [4.78, 5) is 33.7. The van der Waals surface area contributed by atoms with Crippen molar-refractivity contribution in [2.45, 2.75) is 0 Å². The van der Waals surface area contributed by atoms with Gasteiger partial charge in [-0.05, 0) is 0 Å². The third-order valence-corrected chi connectivity index (χ3v) is 2.31. The first-order valence-electron chi connectivity index (χ1n) is 3.73. The highest BCUT2D eigenvalue weighted by Crippen LogP contribution is 2.07. The summed E-state index contributed by atoms with van der Waals surface area (Å²) in [5.74, 6) is -0.315. The number of nitrogens with zero attached hydrogens (tertiary/aromatic N) is 2. The van der Waals surface area contributed by atoms with Crippen LogP contribution in [0.2, 0.25) is 0 Å². The van der Waals surface area contributed by atoms with Crippen molar-refractivity contribution >= 4 is 40.6 Å². The molecule has 0 radical (unpaired) electrons. The predicted octanol–water partition coefficient (Wildman–Crippen LogP) is -0.132. The number of amides is 4. The van der Waals surface area contributed by atoms with Crippen molar-refractivity contribution < 1.29 is 19.5 Å². The van der Waals surface area contributed by atoms with Crippen molar-refractivity contribution in [3.05, 3.63) is 0 Å². The molecule has 8 heteroatoms. The maximum Gasteiger partial charge on any atom is 0.423 e. The zero-order valence-electron chi connectivity index (χ0n) is 7.07. The zero-order valence-corrected chi connectivity index (χ0v) is 9.22. The second-order valence-electron chi connectivity index (χ2n) is 2.53. The first kappa shape index (κ1) is 11.0. The second-order valence-corrected chi connectivity index (χ2v) is 3.29. The topological polar surface area (TPSA) is 89.9 Å². The Hall–Kier alpha value is -1.06. The van der Waals surface area contributed by atoms with Gasteiger partial charge in [-0.1, -0.05) is 22.6 Å². The number of hydrazine groups is 1. The van der Waals surface area contributed by atoms with Crippen LogP contribution in [-0.2, 0) is 4.79 Å². The summed E-state index contributed by atoms with van der Waals surface area (Å²) in [6.07, 6.45) is -1.32.